The van der Waals surface area contributed by atoms with Gasteiger partial charge in [-0.2, -0.15) is 5.06 Å². The van der Waals surface area contributed by atoms with Crippen LogP contribution in [0.25, 0.3) is 0 Å². The minimum absolute atomic E-state index is 0.0604. The second-order valence-electron chi connectivity index (χ2n) is 6.33. The van der Waals surface area contributed by atoms with Crippen molar-refractivity contribution in [1.82, 2.24) is 5.06 Å². The zero-order valence-electron chi connectivity index (χ0n) is 13.2. The van der Waals surface area contributed by atoms with Crippen molar-refractivity contribution in [1.29, 1.82) is 0 Å². The van der Waals surface area contributed by atoms with Gasteiger partial charge in [0.1, 0.15) is 0 Å². The predicted octanol–water partition coefficient (Wildman–Crippen LogP) is 3.09. The molecule has 4 heteroatoms. The molecule has 4 atom stereocenters. The summed E-state index contributed by atoms with van der Waals surface area (Å²) in [5, 5.41) is 31.5. The second kappa shape index (κ2) is 9.72. The molecule has 1 heterocycles. The molecule has 3 N–H and O–H groups in total. The van der Waals surface area contributed by atoms with Crippen LogP contribution in [-0.4, -0.2) is 44.8 Å². The van der Waals surface area contributed by atoms with Crippen LogP contribution in [0.2, 0.25) is 0 Å². The molecule has 120 valence electrons. The minimum atomic E-state index is -0.307. The SMILES string of the molecule is CCCC[C@@H](O)C[C@H]1CC[C@@H](C[C@@H](O)CCCC)N1O. The Morgan fingerprint density at radius 3 is 1.65 bits per heavy atom. The van der Waals surface area contributed by atoms with E-state index in [0.29, 0.717) is 12.8 Å². The van der Waals surface area contributed by atoms with Gasteiger partial charge in [0.15, 0.2) is 0 Å². The van der Waals surface area contributed by atoms with Crippen molar-refractivity contribution in [3.05, 3.63) is 0 Å². The number of aliphatic hydroxyl groups is 2. The quantitative estimate of drug-likeness (QED) is 0.578. The molecule has 0 amide bonds. The molecule has 0 aliphatic carbocycles. The summed E-state index contributed by atoms with van der Waals surface area (Å²) in [5.41, 5.74) is 0. The van der Waals surface area contributed by atoms with E-state index in [1.54, 1.807) is 0 Å². The van der Waals surface area contributed by atoms with Gasteiger partial charge in [-0.1, -0.05) is 39.5 Å². The van der Waals surface area contributed by atoms with Gasteiger partial charge in [0.05, 0.1) is 12.2 Å². The lowest BCUT2D eigenvalue weighted by molar-refractivity contribution is -0.147. The maximum absolute atomic E-state index is 10.2. The van der Waals surface area contributed by atoms with Gasteiger partial charge in [-0.05, 0) is 38.5 Å². The number of unbranched alkanes of at least 4 members (excludes halogenated alkanes) is 2. The normalized spacial score (nSPS) is 26.9. The van der Waals surface area contributed by atoms with E-state index in [1.807, 2.05) is 0 Å². The number of nitrogens with zero attached hydrogens (tertiary/aromatic N) is 1. The Balaban J connectivity index is 2.29. The van der Waals surface area contributed by atoms with Gasteiger partial charge in [-0.15, -0.1) is 0 Å². The van der Waals surface area contributed by atoms with Crippen molar-refractivity contribution in [2.24, 2.45) is 0 Å². The molecule has 0 saturated carbocycles. The summed E-state index contributed by atoms with van der Waals surface area (Å²) < 4.78 is 0. The van der Waals surface area contributed by atoms with Gasteiger partial charge in [0, 0.05) is 12.1 Å². The molecular formula is C16H33NO3. The molecule has 20 heavy (non-hydrogen) atoms. The third-order valence-corrected chi connectivity index (χ3v) is 4.45. The first-order valence-electron chi connectivity index (χ1n) is 8.41. The Hall–Kier alpha value is -0.160. The summed E-state index contributed by atoms with van der Waals surface area (Å²) in [4.78, 5) is 0. The zero-order chi connectivity index (χ0) is 15.0. The third-order valence-electron chi connectivity index (χ3n) is 4.45. The molecule has 0 spiro atoms. The highest BCUT2D eigenvalue weighted by Gasteiger charge is 2.34. The Labute approximate surface area is 123 Å². The van der Waals surface area contributed by atoms with Crippen LogP contribution in [0, 0.1) is 0 Å². The molecule has 4 nitrogen and oxygen atoms in total. The summed E-state index contributed by atoms with van der Waals surface area (Å²) in [6.07, 6.45) is 8.45. The zero-order valence-corrected chi connectivity index (χ0v) is 13.2. The second-order valence-corrected chi connectivity index (χ2v) is 6.33. The Bertz CT molecular complexity index is 226. The monoisotopic (exact) mass is 287 g/mol. The van der Waals surface area contributed by atoms with E-state index in [2.05, 4.69) is 13.8 Å². The van der Waals surface area contributed by atoms with Crippen LogP contribution in [0.1, 0.15) is 78.1 Å². The van der Waals surface area contributed by atoms with Gasteiger partial charge < -0.3 is 15.4 Å². The average molecular weight is 287 g/mol. The third kappa shape index (κ3) is 6.08. The average Bonchev–Trinajstić information content (AvgIpc) is 2.75. The van der Waals surface area contributed by atoms with E-state index in [-0.39, 0.29) is 24.3 Å². The first kappa shape index (κ1) is 17.9. The summed E-state index contributed by atoms with van der Waals surface area (Å²) >= 11 is 0. The van der Waals surface area contributed by atoms with Crippen LogP contribution in [0.4, 0.5) is 0 Å². The van der Waals surface area contributed by atoms with E-state index in [0.717, 1.165) is 51.4 Å². The topological polar surface area (TPSA) is 63.9 Å². The Morgan fingerprint density at radius 1 is 0.900 bits per heavy atom. The fourth-order valence-electron chi connectivity index (χ4n) is 3.14. The number of rotatable bonds is 10. The highest BCUT2D eigenvalue weighted by molar-refractivity contribution is 4.85. The molecule has 0 aromatic rings. The fraction of sp³-hybridized carbons (Fsp3) is 1.00. The van der Waals surface area contributed by atoms with Gasteiger partial charge in [0.25, 0.3) is 0 Å². The fourth-order valence-corrected chi connectivity index (χ4v) is 3.14. The highest BCUT2D eigenvalue weighted by atomic mass is 16.5. The molecule has 0 unspecified atom stereocenters. The van der Waals surface area contributed by atoms with Gasteiger partial charge in [-0.25, -0.2) is 0 Å². The van der Waals surface area contributed by atoms with E-state index in [1.165, 1.54) is 5.06 Å². The molecule has 1 saturated heterocycles. The summed E-state index contributed by atoms with van der Waals surface area (Å²) in [5.74, 6) is 0. The summed E-state index contributed by atoms with van der Waals surface area (Å²) in [6, 6.07) is 0.121. The summed E-state index contributed by atoms with van der Waals surface area (Å²) in [6.45, 7) is 4.24. The number of hydrogen-bond acceptors (Lipinski definition) is 4. The van der Waals surface area contributed by atoms with Crippen molar-refractivity contribution in [3.63, 3.8) is 0 Å². The molecule has 0 aromatic carbocycles. The lowest BCUT2D eigenvalue weighted by Crippen LogP contribution is -2.37. The van der Waals surface area contributed by atoms with E-state index >= 15 is 0 Å². The lowest BCUT2D eigenvalue weighted by atomic mass is 10.0. The Kier molecular flexibility index (Phi) is 8.69. The van der Waals surface area contributed by atoms with E-state index < -0.39 is 0 Å². The number of hydrogen-bond donors (Lipinski definition) is 3. The van der Waals surface area contributed by atoms with E-state index in [9.17, 15) is 15.4 Å². The molecule has 0 radical (unpaired) electrons. The predicted molar refractivity (Wildman–Crippen MR) is 80.7 cm³/mol. The standard InChI is InChI=1S/C16H33NO3/c1-3-5-7-15(18)11-13-9-10-14(17(13)20)12-16(19)8-6-4-2/h13-16,18-20H,3-12H2,1-2H3/t13-,14+,15-,16+. The van der Waals surface area contributed by atoms with Gasteiger partial charge >= 0.3 is 0 Å². The Morgan fingerprint density at radius 2 is 1.30 bits per heavy atom. The van der Waals surface area contributed by atoms with Crippen molar-refractivity contribution in [2.45, 2.75) is 102 Å². The molecule has 1 aliphatic rings. The molecule has 0 bridgehead atoms. The van der Waals surface area contributed by atoms with Gasteiger partial charge in [-0.3, -0.25) is 0 Å². The maximum Gasteiger partial charge on any atom is 0.0556 e. The summed E-state index contributed by atoms with van der Waals surface area (Å²) in [7, 11) is 0. The highest BCUT2D eigenvalue weighted by Crippen LogP contribution is 2.29. The van der Waals surface area contributed by atoms with Crippen LogP contribution in [0.15, 0.2) is 0 Å². The minimum Gasteiger partial charge on any atom is -0.393 e. The van der Waals surface area contributed by atoms with Crippen LogP contribution in [0.5, 0.6) is 0 Å². The first-order chi connectivity index (χ1) is 9.58. The first-order valence-corrected chi connectivity index (χ1v) is 8.41. The molecule has 1 aliphatic heterocycles. The lowest BCUT2D eigenvalue weighted by Gasteiger charge is -2.26. The van der Waals surface area contributed by atoms with Crippen molar-refractivity contribution >= 4 is 0 Å². The van der Waals surface area contributed by atoms with Crippen LogP contribution in [-0.2, 0) is 0 Å². The number of hydroxylamine groups is 2. The number of aliphatic hydroxyl groups excluding tert-OH is 2. The smallest absolute Gasteiger partial charge is 0.0556 e. The largest absolute Gasteiger partial charge is 0.393 e. The molecule has 0 aromatic heterocycles. The van der Waals surface area contributed by atoms with Crippen molar-refractivity contribution in [3.8, 4) is 0 Å². The van der Waals surface area contributed by atoms with Crippen LogP contribution < -0.4 is 0 Å². The van der Waals surface area contributed by atoms with Crippen molar-refractivity contribution in [2.75, 3.05) is 0 Å². The molecule has 1 fully saturated rings. The maximum atomic E-state index is 10.2. The molecular weight excluding hydrogens is 254 g/mol. The van der Waals surface area contributed by atoms with Crippen LogP contribution in [0.3, 0.4) is 0 Å². The van der Waals surface area contributed by atoms with Crippen molar-refractivity contribution < 1.29 is 15.4 Å². The van der Waals surface area contributed by atoms with Crippen LogP contribution >= 0.6 is 0 Å². The van der Waals surface area contributed by atoms with E-state index in [4.69, 9.17) is 0 Å². The molecule has 1 rings (SSSR count). The van der Waals surface area contributed by atoms with Gasteiger partial charge in [0.2, 0.25) is 0 Å².